The molecule has 0 atom stereocenters. The van der Waals surface area contributed by atoms with Gasteiger partial charge in [0.2, 0.25) is 0 Å². The Balaban J connectivity index is 1.83. The quantitative estimate of drug-likeness (QED) is 0.759. The Hall–Kier alpha value is -1.69. The van der Waals surface area contributed by atoms with Crippen LogP contribution in [0.1, 0.15) is 17.0 Å². The zero-order valence-electron chi connectivity index (χ0n) is 12.3. The summed E-state index contributed by atoms with van der Waals surface area (Å²) >= 11 is 1.63. The number of furan rings is 1. The maximum Gasteiger partial charge on any atom is 0.134 e. The number of para-hydroxylation sites is 1. The Morgan fingerprint density at radius 1 is 1.29 bits per heavy atom. The number of hydrogen-bond acceptors (Lipinski definition) is 5. The topological polar surface area (TPSA) is 41.3 Å². The monoisotopic (exact) mass is 301 g/mol. The number of rotatable bonds is 6. The van der Waals surface area contributed by atoms with Crippen molar-refractivity contribution in [3.63, 3.8) is 0 Å². The van der Waals surface area contributed by atoms with Gasteiger partial charge in [0.15, 0.2) is 0 Å². The van der Waals surface area contributed by atoms with Gasteiger partial charge in [0.25, 0.3) is 0 Å². The first-order chi connectivity index (χ1) is 10.3. The van der Waals surface area contributed by atoms with Crippen LogP contribution in [0.3, 0.4) is 0 Å². The van der Waals surface area contributed by atoms with Gasteiger partial charge in [-0.1, -0.05) is 18.2 Å². The van der Waals surface area contributed by atoms with Gasteiger partial charge in [-0.15, -0.1) is 11.3 Å². The minimum Gasteiger partial charge on any atom is -0.459 e. The van der Waals surface area contributed by atoms with E-state index >= 15 is 0 Å². The van der Waals surface area contributed by atoms with Crippen LogP contribution in [-0.4, -0.2) is 24.0 Å². The fourth-order valence-electron chi connectivity index (χ4n) is 2.54. The van der Waals surface area contributed by atoms with Crippen LogP contribution in [0.4, 0.5) is 0 Å². The second-order valence-corrected chi connectivity index (χ2v) is 5.90. The van der Waals surface area contributed by atoms with Gasteiger partial charge < -0.3 is 9.73 Å². The molecular weight excluding hydrogens is 282 g/mol. The lowest BCUT2D eigenvalue weighted by Crippen LogP contribution is -2.18. The van der Waals surface area contributed by atoms with Crippen molar-refractivity contribution < 1.29 is 4.42 Å². The Kier molecular flexibility index (Phi) is 4.34. The summed E-state index contributed by atoms with van der Waals surface area (Å²) in [6, 6.07) is 8.21. The average Bonchev–Trinajstić information content (AvgIpc) is 3.08. The van der Waals surface area contributed by atoms with Gasteiger partial charge in [0.05, 0.1) is 17.7 Å². The highest BCUT2D eigenvalue weighted by atomic mass is 32.1. The van der Waals surface area contributed by atoms with Crippen LogP contribution >= 0.6 is 11.3 Å². The molecule has 0 bridgehead atoms. The SMILES string of the molecule is CNCc1c(CN(C)Cc2cscn2)oc2ccccc12. The number of aromatic nitrogens is 1. The number of fused-ring (bicyclic) bond motifs is 1. The summed E-state index contributed by atoms with van der Waals surface area (Å²) in [7, 11) is 4.06. The van der Waals surface area contributed by atoms with Crippen molar-refractivity contribution in [1.82, 2.24) is 15.2 Å². The van der Waals surface area contributed by atoms with Gasteiger partial charge in [-0.3, -0.25) is 4.90 Å². The maximum atomic E-state index is 6.04. The number of hydrogen-bond donors (Lipinski definition) is 1. The van der Waals surface area contributed by atoms with Gasteiger partial charge in [0.1, 0.15) is 11.3 Å². The van der Waals surface area contributed by atoms with Crippen LogP contribution in [0.15, 0.2) is 39.6 Å². The van der Waals surface area contributed by atoms with E-state index in [4.69, 9.17) is 4.42 Å². The predicted molar refractivity (Wildman–Crippen MR) is 86.3 cm³/mol. The maximum absolute atomic E-state index is 6.04. The Labute approximate surface area is 128 Å². The highest BCUT2D eigenvalue weighted by Gasteiger charge is 2.15. The van der Waals surface area contributed by atoms with Gasteiger partial charge in [-0.25, -0.2) is 4.98 Å². The summed E-state index contributed by atoms with van der Waals surface area (Å²) < 4.78 is 6.04. The van der Waals surface area contributed by atoms with E-state index in [1.54, 1.807) is 11.3 Å². The molecule has 21 heavy (non-hydrogen) atoms. The number of thiazole rings is 1. The van der Waals surface area contributed by atoms with Gasteiger partial charge in [-0.2, -0.15) is 0 Å². The van der Waals surface area contributed by atoms with E-state index in [2.05, 4.69) is 39.8 Å². The fraction of sp³-hybridized carbons (Fsp3) is 0.312. The molecule has 0 spiro atoms. The van der Waals surface area contributed by atoms with Crippen molar-refractivity contribution in [1.29, 1.82) is 0 Å². The summed E-state index contributed by atoms with van der Waals surface area (Å²) in [5.41, 5.74) is 5.18. The molecule has 110 valence electrons. The van der Waals surface area contributed by atoms with Gasteiger partial charge in [0, 0.05) is 29.4 Å². The van der Waals surface area contributed by atoms with E-state index < -0.39 is 0 Å². The lowest BCUT2D eigenvalue weighted by molar-refractivity contribution is 0.287. The number of benzene rings is 1. The van der Waals surface area contributed by atoms with Crippen LogP contribution in [0.5, 0.6) is 0 Å². The van der Waals surface area contributed by atoms with E-state index in [1.165, 1.54) is 10.9 Å². The molecule has 0 unspecified atom stereocenters. The predicted octanol–water partition coefficient (Wildman–Crippen LogP) is 3.24. The molecule has 0 saturated heterocycles. The van der Waals surface area contributed by atoms with Crippen molar-refractivity contribution in [2.45, 2.75) is 19.6 Å². The van der Waals surface area contributed by atoms with Crippen LogP contribution in [0, 0.1) is 0 Å². The summed E-state index contributed by atoms with van der Waals surface area (Å²) in [6.07, 6.45) is 0. The molecule has 0 aliphatic carbocycles. The Morgan fingerprint density at radius 3 is 2.90 bits per heavy atom. The molecule has 0 aliphatic heterocycles. The molecule has 0 fully saturated rings. The Bertz CT molecular complexity index is 705. The highest BCUT2D eigenvalue weighted by Crippen LogP contribution is 2.27. The van der Waals surface area contributed by atoms with Crippen molar-refractivity contribution in [3.05, 3.63) is 52.2 Å². The fourth-order valence-corrected chi connectivity index (χ4v) is 3.09. The molecule has 4 nitrogen and oxygen atoms in total. The first-order valence-electron chi connectivity index (χ1n) is 6.97. The van der Waals surface area contributed by atoms with E-state index in [9.17, 15) is 0 Å². The molecule has 0 aliphatic rings. The minimum absolute atomic E-state index is 0.781. The smallest absolute Gasteiger partial charge is 0.134 e. The van der Waals surface area contributed by atoms with E-state index in [0.29, 0.717) is 0 Å². The molecule has 0 radical (unpaired) electrons. The zero-order chi connectivity index (χ0) is 14.7. The molecule has 3 aromatic rings. The average molecular weight is 301 g/mol. The summed E-state index contributed by atoms with van der Waals surface area (Å²) in [6.45, 7) is 2.43. The molecule has 0 amide bonds. The third-order valence-electron chi connectivity index (χ3n) is 3.46. The molecule has 1 aromatic carbocycles. The van der Waals surface area contributed by atoms with Crippen LogP contribution in [-0.2, 0) is 19.6 Å². The van der Waals surface area contributed by atoms with Crippen LogP contribution in [0.2, 0.25) is 0 Å². The molecule has 2 heterocycles. The van der Waals surface area contributed by atoms with E-state index in [1.807, 2.05) is 24.7 Å². The third-order valence-corrected chi connectivity index (χ3v) is 4.10. The van der Waals surface area contributed by atoms with Crippen molar-refractivity contribution >= 4 is 22.3 Å². The Morgan fingerprint density at radius 2 is 2.14 bits per heavy atom. The van der Waals surface area contributed by atoms with Crippen molar-refractivity contribution in [2.24, 2.45) is 0 Å². The van der Waals surface area contributed by atoms with Crippen molar-refractivity contribution in [2.75, 3.05) is 14.1 Å². The molecule has 1 N–H and O–H groups in total. The first-order valence-corrected chi connectivity index (χ1v) is 7.91. The summed E-state index contributed by atoms with van der Waals surface area (Å²) in [4.78, 5) is 6.56. The molecule has 2 aromatic heterocycles. The molecule has 3 rings (SSSR count). The summed E-state index contributed by atoms with van der Waals surface area (Å²) in [5, 5.41) is 6.52. The second kappa shape index (κ2) is 6.39. The minimum atomic E-state index is 0.781. The highest BCUT2D eigenvalue weighted by molar-refractivity contribution is 7.07. The third kappa shape index (κ3) is 3.15. The molecular formula is C16H19N3OS. The lowest BCUT2D eigenvalue weighted by atomic mass is 10.1. The number of nitrogens with zero attached hydrogens (tertiary/aromatic N) is 2. The van der Waals surface area contributed by atoms with Crippen LogP contribution in [0.25, 0.3) is 11.0 Å². The molecule has 5 heteroatoms. The van der Waals surface area contributed by atoms with Gasteiger partial charge >= 0.3 is 0 Å². The van der Waals surface area contributed by atoms with E-state index in [0.717, 1.165) is 36.7 Å². The zero-order valence-corrected chi connectivity index (χ0v) is 13.1. The summed E-state index contributed by atoms with van der Waals surface area (Å²) in [5.74, 6) is 1.03. The lowest BCUT2D eigenvalue weighted by Gasteiger charge is -2.14. The van der Waals surface area contributed by atoms with Crippen LogP contribution < -0.4 is 5.32 Å². The largest absolute Gasteiger partial charge is 0.459 e. The van der Waals surface area contributed by atoms with Gasteiger partial charge in [-0.05, 0) is 20.2 Å². The standard InChI is InChI=1S/C16H19N3OS/c1-17-7-14-13-5-3-4-6-15(13)20-16(14)9-19(2)8-12-10-21-11-18-12/h3-6,10-11,17H,7-9H2,1-2H3. The van der Waals surface area contributed by atoms with E-state index in [-0.39, 0.29) is 0 Å². The molecule has 0 saturated carbocycles. The second-order valence-electron chi connectivity index (χ2n) is 5.18. The normalized spacial score (nSPS) is 11.6. The first kappa shape index (κ1) is 14.3. The number of nitrogens with one attached hydrogen (secondary N) is 1. The van der Waals surface area contributed by atoms with Crippen molar-refractivity contribution in [3.8, 4) is 0 Å².